The number of hydrogen-bond donors (Lipinski definition) is 1. The van der Waals surface area contributed by atoms with Gasteiger partial charge in [0.05, 0.1) is 16.9 Å². The number of carbonyl (C=O) groups is 1. The van der Waals surface area contributed by atoms with Crippen molar-refractivity contribution in [3.05, 3.63) is 75.3 Å². The minimum atomic E-state index is -0.159. The van der Waals surface area contributed by atoms with Crippen molar-refractivity contribution < 1.29 is 4.79 Å². The Hall–Kier alpha value is -2.95. The molecular formula is C24H27N3O2. The van der Waals surface area contributed by atoms with E-state index >= 15 is 0 Å². The van der Waals surface area contributed by atoms with Gasteiger partial charge in [0, 0.05) is 18.5 Å². The second-order valence-electron chi connectivity index (χ2n) is 8.36. The maximum Gasteiger partial charge on any atom is 0.261 e. The van der Waals surface area contributed by atoms with E-state index < -0.39 is 0 Å². The molecule has 0 saturated carbocycles. The summed E-state index contributed by atoms with van der Waals surface area (Å²) in [7, 11) is 0. The van der Waals surface area contributed by atoms with E-state index in [0.717, 1.165) is 37.2 Å². The number of amides is 1. The molecule has 2 heterocycles. The third-order valence-electron chi connectivity index (χ3n) is 5.55. The Labute approximate surface area is 170 Å². The van der Waals surface area contributed by atoms with Gasteiger partial charge in [0.25, 0.3) is 11.5 Å². The molecule has 0 unspecified atom stereocenters. The Morgan fingerprint density at radius 1 is 1.14 bits per heavy atom. The third kappa shape index (κ3) is 3.95. The molecule has 3 aromatic rings. The summed E-state index contributed by atoms with van der Waals surface area (Å²) in [5, 5.41) is 3.62. The second-order valence-corrected chi connectivity index (χ2v) is 8.36. The first kappa shape index (κ1) is 19.4. The summed E-state index contributed by atoms with van der Waals surface area (Å²) < 4.78 is 1.74. The van der Waals surface area contributed by atoms with Crippen molar-refractivity contribution in [2.75, 3.05) is 0 Å². The van der Waals surface area contributed by atoms with Crippen molar-refractivity contribution in [1.82, 2.24) is 14.9 Å². The summed E-state index contributed by atoms with van der Waals surface area (Å²) in [6.07, 6.45) is 2.81. The first-order valence-electron chi connectivity index (χ1n) is 10.4. The highest BCUT2D eigenvalue weighted by Crippen LogP contribution is 2.19. The van der Waals surface area contributed by atoms with Gasteiger partial charge >= 0.3 is 0 Å². The van der Waals surface area contributed by atoms with E-state index in [9.17, 15) is 9.59 Å². The fourth-order valence-corrected chi connectivity index (χ4v) is 4.00. The first-order chi connectivity index (χ1) is 13.9. The molecule has 150 valence electrons. The van der Waals surface area contributed by atoms with Crippen molar-refractivity contribution in [2.24, 2.45) is 5.92 Å². The fourth-order valence-electron chi connectivity index (χ4n) is 4.00. The number of nitrogens with one attached hydrogen (secondary N) is 1. The van der Waals surface area contributed by atoms with Crippen LogP contribution in [-0.2, 0) is 19.4 Å². The van der Waals surface area contributed by atoms with Crippen LogP contribution in [0.1, 0.15) is 60.5 Å². The van der Waals surface area contributed by atoms with Gasteiger partial charge in [0.2, 0.25) is 0 Å². The SMILES string of the molecule is CC(C)Cc1ccc([C@@H](C)NC(=O)c2ccc3c(=O)n4c(nc3c2)CCC4)cc1. The number of aryl methyl sites for hydroxylation is 1. The molecule has 0 fully saturated rings. The van der Waals surface area contributed by atoms with Crippen molar-refractivity contribution in [3.63, 3.8) is 0 Å². The van der Waals surface area contributed by atoms with Gasteiger partial charge in [-0.2, -0.15) is 0 Å². The zero-order valence-electron chi connectivity index (χ0n) is 17.2. The fraction of sp³-hybridized carbons (Fsp3) is 0.375. The number of aromatic nitrogens is 2. The molecule has 1 aliphatic heterocycles. The highest BCUT2D eigenvalue weighted by Gasteiger charge is 2.18. The summed E-state index contributed by atoms with van der Waals surface area (Å²) in [6.45, 7) is 7.12. The van der Waals surface area contributed by atoms with E-state index in [0.29, 0.717) is 22.4 Å². The summed E-state index contributed by atoms with van der Waals surface area (Å²) in [5.41, 5.74) is 3.49. The molecule has 5 heteroatoms. The minimum absolute atomic E-state index is 0.00989. The van der Waals surface area contributed by atoms with Crippen LogP contribution in [0.25, 0.3) is 10.9 Å². The van der Waals surface area contributed by atoms with Crippen LogP contribution >= 0.6 is 0 Å². The molecule has 1 N–H and O–H groups in total. The predicted molar refractivity (Wildman–Crippen MR) is 115 cm³/mol. The van der Waals surface area contributed by atoms with E-state index in [1.54, 1.807) is 22.8 Å². The van der Waals surface area contributed by atoms with Crippen LogP contribution in [-0.4, -0.2) is 15.5 Å². The molecule has 4 rings (SSSR count). The Bertz CT molecular complexity index is 1110. The molecule has 0 spiro atoms. The van der Waals surface area contributed by atoms with Gasteiger partial charge < -0.3 is 5.32 Å². The van der Waals surface area contributed by atoms with E-state index in [2.05, 4.69) is 48.4 Å². The molecule has 1 aromatic heterocycles. The Kier molecular flexibility index (Phi) is 5.22. The molecule has 0 radical (unpaired) electrons. The molecule has 5 nitrogen and oxygen atoms in total. The molecule has 0 bridgehead atoms. The Morgan fingerprint density at radius 3 is 2.62 bits per heavy atom. The summed E-state index contributed by atoms with van der Waals surface area (Å²) in [4.78, 5) is 30.0. The van der Waals surface area contributed by atoms with Gasteiger partial charge in [0.15, 0.2) is 0 Å². The number of rotatable bonds is 5. The maximum absolute atomic E-state index is 12.8. The predicted octanol–water partition coefficient (Wildman–Crippen LogP) is 4.03. The van der Waals surface area contributed by atoms with Gasteiger partial charge in [-0.1, -0.05) is 38.1 Å². The van der Waals surface area contributed by atoms with Crippen LogP contribution < -0.4 is 10.9 Å². The molecule has 0 saturated heterocycles. The number of benzene rings is 2. The summed E-state index contributed by atoms with van der Waals surface area (Å²) in [6, 6.07) is 13.5. The number of hydrogen-bond acceptors (Lipinski definition) is 3. The zero-order valence-corrected chi connectivity index (χ0v) is 17.2. The largest absolute Gasteiger partial charge is 0.346 e. The molecule has 1 atom stereocenters. The average molecular weight is 389 g/mol. The average Bonchev–Trinajstić information content (AvgIpc) is 3.16. The van der Waals surface area contributed by atoms with Crippen LogP contribution in [0.2, 0.25) is 0 Å². The first-order valence-corrected chi connectivity index (χ1v) is 10.4. The van der Waals surface area contributed by atoms with Crippen LogP contribution in [0.15, 0.2) is 47.3 Å². The normalized spacial score (nSPS) is 14.2. The minimum Gasteiger partial charge on any atom is -0.346 e. The molecular weight excluding hydrogens is 362 g/mol. The lowest BCUT2D eigenvalue weighted by molar-refractivity contribution is 0.0940. The van der Waals surface area contributed by atoms with E-state index in [-0.39, 0.29) is 17.5 Å². The zero-order chi connectivity index (χ0) is 20.5. The lowest BCUT2D eigenvalue weighted by Gasteiger charge is -2.15. The molecule has 1 aliphatic rings. The van der Waals surface area contributed by atoms with E-state index in [4.69, 9.17) is 0 Å². The van der Waals surface area contributed by atoms with Crippen molar-refractivity contribution in [3.8, 4) is 0 Å². The monoisotopic (exact) mass is 389 g/mol. The quantitative estimate of drug-likeness (QED) is 0.716. The lowest BCUT2D eigenvalue weighted by atomic mass is 10.00. The molecule has 2 aromatic carbocycles. The van der Waals surface area contributed by atoms with Gasteiger partial charge in [0.1, 0.15) is 5.82 Å². The van der Waals surface area contributed by atoms with Crippen LogP contribution in [0.4, 0.5) is 0 Å². The number of fused-ring (bicyclic) bond motifs is 2. The summed E-state index contributed by atoms with van der Waals surface area (Å²) >= 11 is 0. The van der Waals surface area contributed by atoms with Gasteiger partial charge in [-0.05, 0) is 55.0 Å². The molecule has 1 amide bonds. The second kappa shape index (κ2) is 7.82. The third-order valence-corrected chi connectivity index (χ3v) is 5.55. The van der Waals surface area contributed by atoms with E-state index in [1.165, 1.54) is 5.56 Å². The van der Waals surface area contributed by atoms with Crippen molar-refractivity contribution in [2.45, 2.75) is 52.6 Å². The van der Waals surface area contributed by atoms with E-state index in [1.807, 2.05) is 6.92 Å². The van der Waals surface area contributed by atoms with Gasteiger partial charge in [-0.25, -0.2) is 4.98 Å². The van der Waals surface area contributed by atoms with Crippen LogP contribution in [0.3, 0.4) is 0 Å². The highest BCUT2D eigenvalue weighted by atomic mass is 16.1. The van der Waals surface area contributed by atoms with Crippen molar-refractivity contribution in [1.29, 1.82) is 0 Å². The standard InChI is InChI=1S/C24H27N3O2/c1-15(2)13-17-6-8-18(9-7-17)16(3)25-23(28)19-10-11-20-21(14-19)26-22-5-4-12-27(22)24(20)29/h6-11,14-16H,4-5,12-13H2,1-3H3,(H,25,28)/t16-/m1/s1. The highest BCUT2D eigenvalue weighted by molar-refractivity contribution is 5.97. The molecule has 29 heavy (non-hydrogen) atoms. The Morgan fingerprint density at radius 2 is 1.90 bits per heavy atom. The lowest BCUT2D eigenvalue weighted by Crippen LogP contribution is -2.27. The smallest absolute Gasteiger partial charge is 0.261 e. The number of nitrogens with zero attached hydrogens (tertiary/aromatic N) is 2. The Balaban J connectivity index is 1.53. The van der Waals surface area contributed by atoms with Crippen LogP contribution in [0, 0.1) is 5.92 Å². The number of carbonyl (C=O) groups excluding carboxylic acids is 1. The topological polar surface area (TPSA) is 64.0 Å². The van der Waals surface area contributed by atoms with Crippen LogP contribution in [0.5, 0.6) is 0 Å². The molecule has 0 aliphatic carbocycles. The van der Waals surface area contributed by atoms with Crippen molar-refractivity contribution >= 4 is 16.8 Å². The van der Waals surface area contributed by atoms with Gasteiger partial charge in [-0.15, -0.1) is 0 Å². The maximum atomic E-state index is 12.8. The van der Waals surface area contributed by atoms with Gasteiger partial charge in [-0.3, -0.25) is 14.2 Å². The summed E-state index contributed by atoms with van der Waals surface area (Å²) in [5.74, 6) is 1.27.